The highest BCUT2D eigenvalue weighted by Crippen LogP contribution is 2.38. The summed E-state index contributed by atoms with van der Waals surface area (Å²) >= 11 is 0. The molecule has 0 radical (unpaired) electrons. The van der Waals surface area contributed by atoms with E-state index in [9.17, 15) is 21.6 Å². The Morgan fingerprint density at radius 1 is 1.35 bits per heavy atom. The first-order valence-electron chi connectivity index (χ1n) is 4.89. The van der Waals surface area contributed by atoms with Crippen molar-refractivity contribution < 1.29 is 21.6 Å². The molecular formula is C10H10F3NO2S. The molecule has 2 rings (SSSR count). The first-order valence-corrected chi connectivity index (χ1v) is 6.55. The van der Waals surface area contributed by atoms with Crippen molar-refractivity contribution in [3.8, 4) is 0 Å². The fraction of sp³-hybridized carbons (Fsp3) is 0.400. The number of fused-ring (bicyclic) bond motifs is 1. The molecule has 94 valence electrons. The van der Waals surface area contributed by atoms with Crippen LogP contribution < -0.4 is 5.73 Å². The van der Waals surface area contributed by atoms with Crippen LogP contribution in [0.4, 0.5) is 13.2 Å². The third kappa shape index (κ3) is 2.04. The minimum Gasteiger partial charge on any atom is -0.330 e. The molecule has 0 amide bonds. The first-order chi connectivity index (χ1) is 7.75. The van der Waals surface area contributed by atoms with Gasteiger partial charge in [-0.3, -0.25) is 0 Å². The third-order valence-electron chi connectivity index (χ3n) is 2.82. The smallest absolute Gasteiger partial charge is 0.330 e. The molecule has 0 bridgehead atoms. The van der Waals surface area contributed by atoms with Crippen LogP contribution in [0.5, 0.6) is 0 Å². The highest BCUT2D eigenvalue weighted by molar-refractivity contribution is 7.91. The number of hydrogen-bond donors (Lipinski definition) is 1. The molecule has 7 heteroatoms. The van der Waals surface area contributed by atoms with Gasteiger partial charge in [0.2, 0.25) is 0 Å². The van der Waals surface area contributed by atoms with E-state index in [0.29, 0.717) is 0 Å². The van der Waals surface area contributed by atoms with Crippen LogP contribution in [0.2, 0.25) is 0 Å². The Morgan fingerprint density at radius 2 is 2.00 bits per heavy atom. The van der Waals surface area contributed by atoms with Gasteiger partial charge in [-0.1, -0.05) is 0 Å². The average Bonchev–Trinajstić information content (AvgIpc) is 2.49. The molecular weight excluding hydrogens is 255 g/mol. The quantitative estimate of drug-likeness (QED) is 0.837. The van der Waals surface area contributed by atoms with E-state index in [-0.39, 0.29) is 22.8 Å². The molecule has 17 heavy (non-hydrogen) atoms. The maximum Gasteiger partial charge on any atom is 0.416 e. The van der Waals surface area contributed by atoms with Gasteiger partial charge in [0.25, 0.3) is 0 Å². The molecule has 0 aromatic heterocycles. The van der Waals surface area contributed by atoms with Crippen LogP contribution in [0, 0.1) is 0 Å². The van der Waals surface area contributed by atoms with Gasteiger partial charge in [0.05, 0.1) is 16.2 Å². The molecule has 0 spiro atoms. The van der Waals surface area contributed by atoms with Crippen molar-refractivity contribution in [2.45, 2.75) is 17.0 Å². The third-order valence-corrected chi connectivity index (χ3v) is 4.70. The van der Waals surface area contributed by atoms with Gasteiger partial charge in [-0.15, -0.1) is 0 Å². The Labute approximate surface area is 96.3 Å². The van der Waals surface area contributed by atoms with Crippen LogP contribution in [0.3, 0.4) is 0 Å². The Kier molecular flexibility index (Phi) is 2.70. The van der Waals surface area contributed by atoms with E-state index in [4.69, 9.17) is 5.73 Å². The number of sulfone groups is 1. The fourth-order valence-corrected chi connectivity index (χ4v) is 3.85. The van der Waals surface area contributed by atoms with Crippen molar-refractivity contribution in [2.75, 3.05) is 12.3 Å². The Bertz CT molecular complexity index is 551. The van der Waals surface area contributed by atoms with Crippen molar-refractivity contribution in [3.05, 3.63) is 29.3 Å². The van der Waals surface area contributed by atoms with Gasteiger partial charge in [0.15, 0.2) is 9.84 Å². The molecule has 0 aliphatic carbocycles. The van der Waals surface area contributed by atoms with Gasteiger partial charge >= 0.3 is 6.18 Å². The zero-order chi connectivity index (χ0) is 12.8. The lowest BCUT2D eigenvalue weighted by molar-refractivity contribution is -0.137. The van der Waals surface area contributed by atoms with Gasteiger partial charge in [0.1, 0.15) is 0 Å². The number of halogens is 3. The molecule has 1 atom stereocenters. The van der Waals surface area contributed by atoms with Gasteiger partial charge in [-0.25, -0.2) is 8.42 Å². The van der Waals surface area contributed by atoms with Crippen molar-refractivity contribution in [3.63, 3.8) is 0 Å². The predicted octanol–water partition coefficient (Wildman–Crippen LogP) is 1.54. The second-order valence-electron chi connectivity index (χ2n) is 3.96. The highest BCUT2D eigenvalue weighted by Gasteiger charge is 2.37. The van der Waals surface area contributed by atoms with Gasteiger partial charge < -0.3 is 5.73 Å². The first kappa shape index (κ1) is 12.4. The van der Waals surface area contributed by atoms with Crippen molar-refractivity contribution >= 4 is 9.84 Å². The lowest BCUT2D eigenvalue weighted by Gasteiger charge is -2.10. The van der Waals surface area contributed by atoms with Gasteiger partial charge in [-0.2, -0.15) is 13.2 Å². The van der Waals surface area contributed by atoms with Crippen LogP contribution in [0.25, 0.3) is 0 Å². The van der Waals surface area contributed by atoms with E-state index in [0.717, 1.165) is 18.2 Å². The van der Waals surface area contributed by atoms with E-state index in [1.54, 1.807) is 0 Å². The summed E-state index contributed by atoms with van der Waals surface area (Å²) in [7, 11) is -3.48. The number of nitrogens with two attached hydrogens (primary N) is 1. The van der Waals surface area contributed by atoms with Gasteiger partial charge in [-0.05, 0) is 23.8 Å². The lowest BCUT2D eigenvalue weighted by atomic mass is 9.99. The SMILES string of the molecule is NCC1CS(=O)(=O)c2ccc(C(F)(F)F)cc21. The van der Waals surface area contributed by atoms with Crippen molar-refractivity contribution in [2.24, 2.45) is 5.73 Å². The number of alkyl halides is 3. The molecule has 1 aliphatic rings. The van der Waals surface area contributed by atoms with Crippen molar-refractivity contribution in [1.29, 1.82) is 0 Å². The Balaban J connectivity index is 2.60. The summed E-state index contributed by atoms with van der Waals surface area (Å²) in [5.74, 6) is -0.752. The van der Waals surface area contributed by atoms with E-state index in [1.807, 2.05) is 0 Å². The molecule has 1 aromatic carbocycles. The second-order valence-corrected chi connectivity index (χ2v) is 5.97. The van der Waals surface area contributed by atoms with E-state index in [1.165, 1.54) is 0 Å². The minimum absolute atomic E-state index is 0.0214. The van der Waals surface area contributed by atoms with E-state index < -0.39 is 27.5 Å². The fourth-order valence-electron chi connectivity index (χ4n) is 1.97. The molecule has 0 saturated heterocycles. The van der Waals surface area contributed by atoms with E-state index in [2.05, 4.69) is 0 Å². The summed E-state index contributed by atoms with van der Waals surface area (Å²) < 4.78 is 60.8. The molecule has 1 aromatic rings. The molecule has 0 saturated carbocycles. The van der Waals surface area contributed by atoms with Crippen LogP contribution in [0.1, 0.15) is 17.0 Å². The molecule has 1 unspecified atom stereocenters. The number of benzene rings is 1. The van der Waals surface area contributed by atoms with Crippen molar-refractivity contribution in [1.82, 2.24) is 0 Å². The van der Waals surface area contributed by atoms with Gasteiger partial charge in [0, 0.05) is 12.5 Å². The standard InChI is InChI=1S/C10H10F3NO2S/c11-10(12,13)7-1-2-9-8(3-7)6(4-14)5-17(9,15)16/h1-3,6H,4-5,14H2. The maximum atomic E-state index is 12.5. The number of hydrogen-bond acceptors (Lipinski definition) is 3. The zero-order valence-corrected chi connectivity index (χ0v) is 9.48. The summed E-state index contributed by atoms with van der Waals surface area (Å²) in [4.78, 5) is -0.0269. The predicted molar refractivity (Wildman–Crippen MR) is 55.3 cm³/mol. The summed E-state index contributed by atoms with van der Waals surface area (Å²) in [6, 6.07) is 2.69. The Hall–Kier alpha value is -1.08. The zero-order valence-electron chi connectivity index (χ0n) is 8.66. The van der Waals surface area contributed by atoms with Crippen LogP contribution in [-0.2, 0) is 16.0 Å². The largest absolute Gasteiger partial charge is 0.416 e. The van der Waals surface area contributed by atoms with E-state index >= 15 is 0 Å². The van der Waals surface area contributed by atoms with Crippen LogP contribution in [-0.4, -0.2) is 20.7 Å². The average molecular weight is 265 g/mol. The second kappa shape index (κ2) is 3.71. The summed E-state index contributed by atoms with van der Waals surface area (Å²) in [5, 5.41) is 0. The molecule has 0 fully saturated rings. The topological polar surface area (TPSA) is 60.2 Å². The van der Waals surface area contributed by atoms with Crippen LogP contribution >= 0.6 is 0 Å². The molecule has 2 N–H and O–H groups in total. The Morgan fingerprint density at radius 3 is 2.53 bits per heavy atom. The summed E-state index contributed by atoms with van der Waals surface area (Å²) in [6.45, 7) is 0.0214. The molecule has 3 nitrogen and oxygen atoms in total. The molecule has 1 heterocycles. The minimum atomic E-state index is -4.47. The number of rotatable bonds is 1. The maximum absolute atomic E-state index is 12.5. The van der Waals surface area contributed by atoms with Crippen LogP contribution in [0.15, 0.2) is 23.1 Å². The molecule has 1 aliphatic heterocycles. The highest BCUT2D eigenvalue weighted by atomic mass is 32.2. The summed E-state index contributed by atoms with van der Waals surface area (Å²) in [6.07, 6.45) is -4.47. The lowest BCUT2D eigenvalue weighted by Crippen LogP contribution is -2.14. The monoisotopic (exact) mass is 265 g/mol. The normalized spacial score (nSPS) is 22.5. The summed E-state index contributed by atoms with van der Waals surface area (Å²) in [5.41, 5.74) is 4.72.